The van der Waals surface area contributed by atoms with Gasteiger partial charge in [-0.1, -0.05) is 17.3 Å². The van der Waals surface area contributed by atoms with Gasteiger partial charge in [-0.05, 0) is 41.3 Å². The Kier molecular flexibility index (Phi) is 9.82. The number of benzene rings is 1. The third-order valence-electron chi connectivity index (χ3n) is 8.19. The number of hydrogen-bond acceptors (Lipinski definition) is 12. The minimum absolute atomic E-state index is 0.0292. The van der Waals surface area contributed by atoms with Crippen molar-refractivity contribution in [2.24, 2.45) is 5.16 Å². The quantitative estimate of drug-likeness (QED) is 0.0394. The van der Waals surface area contributed by atoms with Crippen molar-refractivity contribution in [3.8, 4) is 5.75 Å². The van der Waals surface area contributed by atoms with Crippen molar-refractivity contribution >= 4 is 63.5 Å². The normalized spacial score (nSPS) is 19.8. The van der Waals surface area contributed by atoms with Crippen molar-refractivity contribution in [3.05, 3.63) is 93.9 Å². The molecule has 3 aromatic rings. The van der Waals surface area contributed by atoms with Crippen molar-refractivity contribution in [2.75, 3.05) is 18.0 Å². The Balaban J connectivity index is 1.06. The minimum atomic E-state index is -1.34. The van der Waals surface area contributed by atoms with E-state index < -0.39 is 34.9 Å². The number of aromatic nitrogens is 2. The van der Waals surface area contributed by atoms with E-state index in [-0.39, 0.29) is 52.9 Å². The molecule has 0 unspecified atom stereocenters. The van der Waals surface area contributed by atoms with E-state index in [1.54, 1.807) is 46.1 Å². The average molecular weight is 720 g/mol. The van der Waals surface area contributed by atoms with E-state index in [4.69, 9.17) is 5.73 Å². The topological polar surface area (TPSA) is 232 Å². The number of nitrogens with one attached hydrogen (secondary N) is 2. The summed E-state index contributed by atoms with van der Waals surface area (Å²) in [7, 11) is 0. The number of anilines is 1. The number of carbonyl (C=O) groups is 5. The molecular weight excluding hydrogens is 689 g/mol. The molecule has 50 heavy (non-hydrogen) atoms. The summed E-state index contributed by atoms with van der Waals surface area (Å²) in [4.78, 5) is 70.6. The molecule has 16 nitrogen and oxygen atoms in total. The van der Waals surface area contributed by atoms with Crippen molar-refractivity contribution in [3.63, 3.8) is 0 Å². The molecule has 5 heterocycles. The number of pyridine rings is 1. The Hall–Kier alpha value is -5.75. The maximum atomic E-state index is 13.3. The zero-order valence-electron chi connectivity index (χ0n) is 26.2. The highest BCUT2D eigenvalue weighted by atomic mass is 32.2. The number of fused-ring (bicyclic) bond motifs is 1. The average Bonchev–Trinajstić information content (AvgIpc) is 3.67. The monoisotopic (exact) mass is 719 g/mol. The van der Waals surface area contributed by atoms with E-state index in [0.29, 0.717) is 30.7 Å². The van der Waals surface area contributed by atoms with Gasteiger partial charge in [0, 0.05) is 48.5 Å². The molecule has 2 fully saturated rings. The zero-order chi connectivity index (χ0) is 35.5. The lowest BCUT2D eigenvalue weighted by atomic mass is 10.0. The molecule has 2 atom stereocenters. The standard InChI is InChI=1S/C32H30N8O8S2/c33-32-35-22(16-50-32)24(37-48)27(43)36-25-29(45)40-26(31(46)47)20(15-49-30(25)40)11-19-6-9-39(28(19)44)13-17-4-7-38(8-5-17)14-23(42)34-12-18-2-1-3-21(41)10-18/h1-5,7-8,10-11,16,25,30H,6,9,12-15H2,(H6-,33,34,35,36,41,42,43,46,47,48)/p+1/b19-11+/t25-,30-/m1/s1. The van der Waals surface area contributed by atoms with Crippen molar-refractivity contribution in [1.29, 1.82) is 0 Å². The smallest absolute Gasteiger partial charge is 0.352 e. The maximum Gasteiger partial charge on any atom is 0.352 e. The summed E-state index contributed by atoms with van der Waals surface area (Å²) in [5, 5.41) is 38.2. The number of aromatic hydroxyl groups is 1. The van der Waals surface area contributed by atoms with E-state index in [9.17, 15) is 39.4 Å². The number of rotatable bonds is 11. The number of carboxylic acids is 1. The first kappa shape index (κ1) is 34.1. The fourth-order valence-electron chi connectivity index (χ4n) is 5.74. The summed E-state index contributed by atoms with van der Waals surface area (Å²) >= 11 is 2.27. The highest BCUT2D eigenvalue weighted by Gasteiger charge is 2.54. The number of oxime groups is 1. The lowest BCUT2D eigenvalue weighted by molar-refractivity contribution is -0.684. The molecule has 4 amide bonds. The molecule has 2 saturated heterocycles. The number of thiazole rings is 1. The Morgan fingerprint density at radius 3 is 2.62 bits per heavy atom. The second-order valence-corrected chi connectivity index (χ2v) is 13.5. The number of β-lactam (4-membered cyclic amide) rings is 1. The Bertz CT molecular complexity index is 1980. The van der Waals surface area contributed by atoms with Crippen molar-refractivity contribution in [2.45, 2.75) is 37.5 Å². The molecule has 18 heteroatoms. The van der Waals surface area contributed by atoms with Crippen LogP contribution in [-0.2, 0) is 43.6 Å². The lowest BCUT2D eigenvalue weighted by Gasteiger charge is -2.49. The molecule has 0 aliphatic carbocycles. The number of phenols is 1. The minimum Gasteiger partial charge on any atom is -0.508 e. The summed E-state index contributed by atoms with van der Waals surface area (Å²) in [6.07, 6.45) is 5.40. The molecule has 3 aliphatic heterocycles. The van der Waals surface area contributed by atoms with Crippen LogP contribution in [0.5, 0.6) is 5.75 Å². The first-order chi connectivity index (χ1) is 24.0. The summed E-state index contributed by atoms with van der Waals surface area (Å²) in [5.74, 6) is -3.04. The number of nitrogen functional groups attached to an aromatic ring is 1. The second kappa shape index (κ2) is 14.4. The maximum absolute atomic E-state index is 13.3. The second-order valence-electron chi connectivity index (χ2n) is 11.5. The number of carbonyl (C=O) groups excluding carboxylic acids is 4. The summed E-state index contributed by atoms with van der Waals surface area (Å²) in [5.41, 5.74) is 7.26. The third kappa shape index (κ3) is 7.15. The number of nitrogens with zero attached hydrogens (tertiary/aromatic N) is 5. The van der Waals surface area contributed by atoms with E-state index in [0.717, 1.165) is 27.4 Å². The fraction of sp³-hybridized carbons (Fsp3) is 0.250. The van der Waals surface area contributed by atoms with Crippen LogP contribution in [-0.4, -0.2) is 89.2 Å². The van der Waals surface area contributed by atoms with E-state index in [2.05, 4.69) is 20.8 Å². The molecule has 0 spiro atoms. The summed E-state index contributed by atoms with van der Waals surface area (Å²) in [6, 6.07) is 9.19. The van der Waals surface area contributed by atoms with Gasteiger partial charge in [0.2, 0.25) is 12.5 Å². The molecule has 1 aromatic carbocycles. The van der Waals surface area contributed by atoms with Gasteiger partial charge in [-0.2, -0.15) is 4.57 Å². The molecule has 258 valence electrons. The van der Waals surface area contributed by atoms with Crippen LogP contribution in [0.2, 0.25) is 0 Å². The van der Waals surface area contributed by atoms with Gasteiger partial charge in [0.15, 0.2) is 23.2 Å². The Morgan fingerprint density at radius 2 is 1.94 bits per heavy atom. The van der Waals surface area contributed by atoms with Crippen LogP contribution in [0, 0.1) is 0 Å². The molecular formula is C32H31N8O8S2+. The van der Waals surface area contributed by atoms with Crippen LogP contribution >= 0.6 is 23.1 Å². The van der Waals surface area contributed by atoms with Gasteiger partial charge in [-0.3, -0.25) is 24.1 Å². The van der Waals surface area contributed by atoms with Crippen LogP contribution in [0.15, 0.2) is 82.2 Å². The van der Waals surface area contributed by atoms with E-state index >= 15 is 0 Å². The molecule has 2 aromatic heterocycles. The number of nitrogens with two attached hydrogens (primary N) is 1. The van der Waals surface area contributed by atoms with Gasteiger partial charge in [-0.25, -0.2) is 9.78 Å². The van der Waals surface area contributed by atoms with Crippen LogP contribution in [0.1, 0.15) is 23.2 Å². The fourth-order valence-corrected chi connectivity index (χ4v) is 7.60. The molecule has 6 rings (SSSR count). The number of likely N-dealkylation sites (tertiary alicyclic amines) is 1. The van der Waals surface area contributed by atoms with Gasteiger partial charge in [0.05, 0.1) is 0 Å². The number of carboxylic acid groups (broad SMARTS) is 1. The predicted octanol–water partition coefficient (Wildman–Crippen LogP) is 0.311. The number of hydrogen-bond donors (Lipinski definition) is 6. The van der Waals surface area contributed by atoms with Crippen molar-refractivity contribution < 1.29 is 44.0 Å². The third-order valence-corrected chi connectivity index (χ3v) is 10.2. The predicted molar refractivity (Wildman–Crippen MR) is 179 cm³/mol. The summed E-state index contributed by atoms with van der Waals surface area (Å²) < 4.78 is 1.70. The Labute approximate surface area is 292 Å². The number of allylic oxidation sites excluding steroid dienone is 1. The van der Waals surface area contributed by atoms with Crippen LogP contribution in [0.25, 0.3) is 0 Å². The molecule has 3 aliphatic rings. The first-order valence-electron chi connectivity index (χ1n) is 15.2. The first-order valence-corrected chi connectivity index (χ1v) is 17.1. The number of thioether (sulfide) groups is 1. The summed E-state index contributed by atoms with van der Waals surface area (Å²) in [6.45, 7) is 1.09. The number of aliphatic carboxylic acids is 1. The molecule has 0 radical (unpaired) electrons. The Morgan fingerprint density at radius 1 is 1.16 bits per heavy atom. The van der Waals surface area contributed by atoms with Gasteiger partial charge in [0.1, 0.15) is 28.6 Å². The van der Waals surface area contributed by atoms with Crippen LogP contribution in [0.3, 0.4) is 0 Å². The van der Waals surface area contributed by atoms with Crippen LogP contribution in [0.4, 0.5) is 5.13 Å². The number of amides is 4. The van der Waals surface area contributed by atoms with E-state index in [1.165, 1.54) is 23.2 Å². The zero-order valence-corrected chi connectivity index (χ0v) is 27.8. The molecule has 0 saturated carbocycles. The molecule has 7 N–H and O–H groups in total. The lowest BCUT2D eigenvalue weighted by Crippen LogP contribution is -2.71. The SMILES string of the molecule is Nc1nc(/C(=N/O)C(=O)N[C@@H]2C(=O)N3C(C(=O)O)=C(/C=C4\CCN(Cc5cc[n+](CC(=O)NCc6cccc(O)c6)cc5)C4=O)CS[C@H]23)cs1. The van der Waals surface area contributed by atoms with E-state index in [1.807, 2.05) is 12.1 Å². The number of phenolic OH excluding ortho intramolecular Hbond substituents is 1. The highest BCUT2D eigenvalue weighted by Crippen LogP contribution is 2.41. The largest absolute Gasteiger partial charge is 0.508 e. The van der Waals surface area contributed by atoms with Crippen molar-refractivity contribution in [1.82, 2.24) is 25.4 Å². The van der Waals surface area contributed by atoms with Crippen LogP contribution < -0.4 is 20.9 Å². The van der Waals surface area contributed by atoms with Gasteiger partial charge in [0.25, 0.3) is 17.7 Å². The van der Waals surface area contributed by atoms with Gasteiger partial charge < -0.3 is 36.7 Å². The van der Waals surface area contributed by atoms with Gasteiger partial charge >= 0.3 is 5.97 Å². The highest BCUT2D eigenvalue weighted by molar-refractivity contribution is 8.00. The van der Waals surface area contributed by atoms with Gasteiger partial charge in [-0.15, -0.1) is 23.1 Å². The molecule has 0 bridgehead atoms.